The number of nitrogens with one attached hydrogen (secondary N) is 1. The Morgan fingerprint density at radius 3 is 2.75 bits per heavy atom. The molecule has 1 aliphatic rings. The Bertz CT molecular complexity index is 673. The van der Waals surface area contributed by atoms with Crippen molar-refractivity contribution in [2.45, 2.75) is 32.6 Å². The standard InChI is InChI=1S/C14H15F3N2O/c1-2-8-5-9-11-7-18-3-4-19(11)13(20)12(9)10(6-8)14(15,16)17/h5-6,18,20H,2-4,7H2,1H3. The molecule has 1 aromatic carbocycles. The lowest BCUT2D eigenvalue weighted by molar-refractivity contribution is -0.136. The molecule has 0 fully saturated rings. The summed E-state index contributed by atoms with van der Waals surface area (Å²) in [6, 6.07) is 2.89. The third-order valence-corrected chi connectivity index (χ3v) is 3.83. The van der Waals surface area contributed by atoms with Gasteiger partial charge >= 0.3 is 6.18 Å². The first-order chi connectivity index (χ1) is 9.43. The van der Waals surface area contributed by atoms with E-state index in [1.807, 2.05) is 6.92 Å². The maximum Gasteiger partial charge on any atom is 0.417 e. The van der Waals surface area contributed by atoms with Gasteiger partial charge in [0.05, 0.1) is 10.9 Å². The van der Waals surface area contributed by atoms with E-state index >= 15 is 0 Å². The molecule has 0 aliphatic carbocycles. The molecule has 2 N–H and O–H groups in total. The first-order valence-corrected chi connectivity index (χ1v) is 6.58. The van der Waals surface area contributed by atoms with Crippen molar-refractivity contribution in [1.29, 1.82) is 0 Å². The molecule has 1 aromatic heterocycles. The Hall–Kier alpha value is -1.69. The number of aryl methyl sites for hydroxylation is 1. The van der Waals surface area contributed by atoms with Crippen molar-refractivity contribution in [2.24, 2.45) is 0 Å². The van der Waals surface area contributed by atoms with Crippen LogP contribution in [0.1, 0.15) is 23.7 Å². The summed E-state index contributed by atoms with van der Waals surface area (Å²) < 4.78 is 41.3. The van der Waals surface area contributed by atoms with Crippen molar-refractivity contribution >= 4 is 10.8 Å². The molecule has 0 atom stereocenters. The van der Waals surface area contributed by atoms with Crippen LogP contribution in [0.5, 0.6) is 5.88 Å². The topological polar surface area (TPSA) is 37.2 Å². The molecule has 2 heterocycles. The van der Waals surface area contributed by atoms with E-state index < -0.39 is 11.7 Å². The third kappa shape index (κ3) is 1.86. The van der Waals surface area contributed by atoms with Crippen molar-refractivity contribution in [3.05, 3.63) is 29.0 Å². The van der Waals surface area contributed by atoms with Crippen LogP contribution in [0.3, 0.4) is 0 Å². The number of nitrogens with zero attached hydrogens (tertiary/aromatic N) is 1. The molecular weight excluding hydrogens is 269 g/mol. The summed E-state index contributed by atoms with van der Waals surface area (Å²) in [6.45, 7) is 3.42. The van der Waals surface area contributed by atoms with Gasteiger partial charge < -0.3 is 15.0 Å². The van der Waals surface area contributed by atoms with Gasteiger partial charge in [0.15, 0.2) is 5.88 Å². The molecule has 0 saturated carbocycles. The first kappa shape index (κ1) is 13.3. The molecule has 3 nitrogen and oxygen atoms in total. The maximum atomic E-state index is 13.2. The number of rotatable bonds is 1. The molecule has 0 unspecified atom stereocenters. The Morgan fingerprint density at radius 1 is 1.35 bits per heavy atom. The molecular formula is C14H15F3N2O. The van der Waals surface area contributed by atoms with Gasteiger partial charge in [-0.25, -0.2) is 0 Å². The van der Waals surface area contributed by atoms with Crippen LogP contribution >= 0.6 is 0 Å². The molecule has 1 aliphatic heterocycles. The van der Waals surface area contributed by atoms with Gasteiger partial charge in [0, 0.05) is 30.7 Å². The molecule has 0 bridgehead atoms. The first-order valence-electron chi connectivity index (χ1n) is 6.58. The summed E-state index contributed by atoms with van der Waals surface area (Å²) in [5.74, 6) is -0.272. The van der Waals surface area contributed by atoms with Gasteiger partial charge in [0.1, 0.15) is 0 Å². The second-order valence-corrected chi connectivity index (χ2v) is 5.02. The fourth-order valence-corrected chi connectivity index (χ4v) is 2.84. The Balaban J connectivity index is 2.41. The number of alkyl halides is 3. The zero-order valence-electron chi connectivity index (χ0n) is 11.0. The van der Waals surface area contributed by atoms with Gasteiger partial charge in [0.25, 0.3) is 0 Å². The lowest BCUT2D eigenvalue weighted by Crippen LogP contribution is -2.27. The average molecular weight is 284 g/mol. The van der Waals surface area contributed by atoms with E-state index in [9.17, 15) is 18.3 Å². The van der Waals surface area contributed by atoms with Gasteiger partial charge in [-0.05, 0) is 24.1 Å². The van der Waals surface area contributed by atoms with Crippen molar-refractivity contribution in [3.8, 4) is 5.88 Å². The monoisotopic (exact) mass is 284 g/mol. The van der Waals surface area contributed by atoms with E-state index in [4.69, 9.17) is 0 Å². The number of fused-ring (bicyclic) bond motifs is 3. The van der Waals surface area contributed by atoms with E-state index in [0.29, 0.717) is 37.0 Å². The molecule has 0 spiro atoms. The zero-order valence-corrected chi connectivity index (χ0v) is 11.0. The number of hydrogen-bond acceptors (Lipinski definition) is 2. The number of aromatic hydroxyl groups is 1. The van der Waals surface area contributed by atoms with E-state index in [2.05, 4.69) is 5.32 Å². The molecule has 2 aromatic rings. The van der Waals surface area contributed by atoms with Gasteiger partial charge in [-0.15, -0.1) is 0 Å². The second kappa shape index (κ2) is 4.41. The SMILES string of the molecule is CCc1cc(C(F)(F)F)c2c(O)n3c(c2c1)CNCC3. The van der Waals surface area contributed by atoms with Crippen LogP contribution in [-0.2, 0) is 25.7 Å². The molecule has 3 rings (SSSR count). The molecule has 108 valence electrons. The third-order valence-electron chi connectivity index (χ3n) is 3.83. The summed E-state index contributed by atoms with van der Waals surface area (Å²) in [5.41, 5.74) is 0.611. The average Bonchev–Trinajstić information content (AvgIpc) is 2.71. The van der Waals surface area contributed by atoms with Crippen LogP contribution in [0, 0.1) is 0 Å². The van der Waals surface area contributed by atoms with Crippen LogP contribution in [0.25, 0.3) is 10.8 Å². The summed E-state index contributed by atoms with van der Waals surface area (Å²) in [4.78, 5) is 0. The Morgan fingerprint density at radius 2 is 2.10 bits per heavy atom. The molecule has 6 heteroatoms. The number of benzene rings is 1. The highest BCUT2D eigenvalue weighted by Gasteiger charge is 2.36. The van der Waals surface area contributed by atoms with Gasteiger partial charge in [0.2, 0.25) is 0 Å². The van der Waals surface area contributed by atoms with Crippen molar-refractivity contribution in [2.75, 3.05) is 6.54 Å². The highest BCUT2D eigenvalue weighted by molar-refractivity contribution is 5.94. The quantitative estimate of drug-likeness (QED) is 0.844. The van der Waals surface area contributed by atoms with Gasteiger partial charge in [-0.2, -0.15) is 13.2 Å². The van der Waals surface area contributed by atoms with E-state index in [1.165, 1.54) is 0 Å². The predicted octanol–water partition coefficient (Wildman–Crippen LogP) is 3.03. The number of halogens is 3. The lowest BCUT2D eigenvalue weighted by atomic mass is 10.0. The van der Waals surface area contributed by atoms with Crippen LogP contribution in [-0.4, -0.2) is 16.2 Å². The molecule has 0 amide bonds. The lowest BCUT2D eigenvalue weighted by Gasteiger charge is -2.17. The van der Waals surface area contributed by atoms with Gasteiger partial charge in [-0.3, -0.25) is 0 Å². The predicted molar refractivity (Wildman–Crippen MR) is 69.7 cm³/mol. The Kier molecular flexibility index (Phi) is 2.93. The summed E-state index contributed by atoms with van der Waals surface area (Å²) in [5, 5.41) is 13.7. The van der Waals surface area contributed by atoms with E-state index in [0.717, 1.165) is 11.8 Å². The molecule has 0 saturated heterocycles. The Labute approximate surface area is 114 Å². The fourth-order valence-electron chi connectivity index (χ4n) is 2.84. The smallest absolute Gasteiger partial charge is 0.417 e. The number of aromatic nitrogens is 1. The minimum Gasteiger partial charge on any atom is -0.494 e. The van der Waals surface area contributed by atoms with E-state index in [1.54, 1.807) is 10.6 Å². The molecule has 0 radical (unpaired) electrons. The summed E-state index contributed by atoms with van der Waals surface area (Å²) in [7, 11) is 0. The number of hydrogen-bond donors (Lipinski definition) is 2. The van der Waals surface area contributed by atoms with Gasteiger partial charge in [-0.1, -0.05) is 6.92 Å². The van der Waals surface area contributed by atoms with Crippen molar-refractivity contribution in [1.82, 2.24) is 9.88 Å². The van der Waals surface area contributed by atoms with Crippen LogP contribution in [0.2, 0.25) is 0 Å². The summed E-state index contributed by atoms with van der Waals surface area (Å²) >= 11 is 0. The largest absolute Gasteiger partial charge is 0.494 e. The fraction of sp³-hybridized carbons (Fsp3) is 0.429. The summed E-state index contributed by atoms with van der Waals surface area (Å²) in [6.07, 6.45) is -3.94. The van der Waals surface area contributed by atoms with Crippen LogP contribution in [0.4, 0.5) is 13.2 Å². The van der Waals surface area contributed by atoms with E-state index in [-0.39, 0.29) is 11.3 Å². The minimum absolute atomic E-state index is 0.0756. The molecule has 20 heavy (non-hydrogen) atoms. The van der Waals surface area contributed by atoms with Crippen molar-refractivity contribution in [3.63, 3.8) is 0 Å². The zero-order chi connectivity index (χ0) is 14.5. The highest BCUT2D eigenvalue weighted by Crippen LogP contribution is 2.42. The minimum atomic E-state index is -4.47. The highest BCUT2D eigenvalue weighted by atomic mass is 19.4. The van der Waals surface area contributed by atoms with Crippen molar-refractivity contribution < 1.29 is 18.3 Å². The van der Waals surface area contributed by atoms with Crippen LogP contribution < -0.4 is 5.32 Å². The normalized spacial score (nSPS) is 15.6. The second-order valence-electron chi connectivity index (χ2n) is 5.02. The maximum absolute atomic E-state index is 13.2. The van der Waals surface area contributed by atoms with Crippen LogP contribution in [0.15, 0.2) is 12.1 Å².